The van der Waals surface area contributed by atoms with Gasteiger partial charge in [0.2, 0.25) is 0 Å². The lowest BCUT2D eigenvalue weighted by Gasteiger charge is -2.05. The number of aromatic nitrogens is 1. The summed E-state index contributed by atoms with van der Waals surface area (Å²) in [6.45, 7) is 1.05. The van der Waals surface area contributed by atoms with Crippen LogP contribution in [0.1, 0.15) is 15.9 Å². The van der Waals surface area contributed by atoms with E-state index in [2.05, 4.69) is 4.99 Å². The molecule has 0 fully saturated rings. The predicted molar refractivity (Wildman–Crippen MR) is 104 cm³/mol. The van der Waals surface area contributed by atoms with Crippen molar-refractivity contribution in [3.63, 3.8) is 0 Å². The Morgan fingerprint density at radius 1 is 1.11 bits per heavy atom. The average molecular weight is 384 g/mol. The number of esters is 1. The summed E-state index contributed by atoms with van der Waals surface area (Å²) < 4.78 is 12.8. The van der Waals surface area contributed by atoms with E-state index in [1.54, 1.807) is 19.2 Å². The summed E-state index contributed by atoms with van der Waals surface area (Å²) in [6.07, 6.45) is 0.243. The molecule has 0 atom stereocenters. The lowest BCUT2D eigenvalue weighted by molar-refractivity contribution is -0.117. The number of fused-ring (bicyclic) bond motifs is 1. The maximum Gasteiger partial charge on any atom is 0.337 e. The van der Waals surface area contributed by atoms with Gasteiger partial charge in [-0.2, -0.15) is 4.99 Å². The number of carbonyl (C=O) groups is 2. The van der Waals surface area contributed by atoms with E-state index < -0.39 is 5.97 Å². The fraction of sp³-hybridized carbons (Fsp3) is 0.250. The fourth-order valence-electron chi connectivity index (χ4n) is 2.72. The van der Waals surface area contributed by atoms with E-state index in [4.69, 9.17) is 9.47 Å². The molecule has 2 aromatic carbocycles. The Kier molecular flexibility index (Phi) is 6.16. The van der Waals surface area contributed by atoms with Crippen molar-refractivity contribution in [3.8, 4) is 0 Å². The molecule has 3 aromatic rings. The quantitative estimate of drug-likeness (QED) is 0.613. The molecule has 1 amide bonds. The van der Waals surface area contributed by atoms with Gasteiger partial charge in [-0.25, -0.2) is 4.79 Å². The van der Waals surface area contributed by atoms with Gasteiger partial charge in [-0.15, -0.1) is 0 Å². The molecule has 1 aromatic heterocycles. The zero-order valence-electron chi connectivity index (χ0n) is 15.2. The molecule has 0 radical (unpaired) electrons. The lowest BCUT2D eigenvalue weighted by Crippen LogP contribution is -2.19. The molecule has 1 heterocycles. The summed E-state index contributed by atoms with van der Waals surface area (Å²) >= 11 is 1.37. The van der Waals surface area contributed by atoms with Crippen LogP contribution in [-0.4, -0.2) is 37.3 Å². The highest BCUT2D eigenvalue weighted by molar-refractivity contribution is 7.16. The molecular formula is C20H20N2O4S. The van der Waals surface area contributed by atoms with E-state index in [1.165, 1.54) is 18.4 Å². The first-order valence-corrected chi connectivity index (χ1v) is 9.26. The minimum atomic E-state index is -0.396. The van der Waals surface area contributed by atoms with Gasteiger partial charge in [-0.1, -0.05) is 41.7 Å². The number of carbonyl (C=O) groups excluding carboxylic acids is 2. The Hall–Kier alpha value is -2.77. The van der Waals surface area contributed by atoms with Crippen molar-refractivity contribution in [3.05, 3.63) is 64.5 Å². The number of thiazole rings is 1. The third kappa shape index (κ3) is 4.50. The molecular weight excluding hydrogens is 364 g/mol. The Morgan fingerprint density at radius 2 is 1.89 bits per heavy atom. The number of nitrogens with zero attached hydrogens (tertiary/aromatic N) is 2. The molecule has 0 unspecified atom stereocenters. The van der Waals surface area contributed by atoms with Gasteiger partial charge in [0, 0.05) is 13.7 Å². The minimum absolute atomic E-state index is 0.216. The molecule has 140 valence electrons. The summed E-state index contributed by atoms with van der Waals surface area (Å²) in [5, 5.41) is 0. The summed E-state index contributed by atoms with van der Waals surface area (Å²) in [5.74, 6) is -0.612. The Balaban J connectivity index is 2.01. The number of methoxy groups -OCH3 is 2. The first-order valence-electron chi connectivity index (χ1n) is 8.44. The molecule has 7 heteroatoms. The van der Waals surface area contributed by atoms with E-state index in [0.717, 1.165) is 15.8 Å². The zero-order valence-corrected chi connectivity index (χ0v) is 16.0. The largest absolute Gasteiger partial charge is 0.465 e. The summed E-state index contributed by atoms with van der Waals surface area (Å²) in [4.78, 5) is 29.1. The summed E-state index contributed by atoms with van der Waals surface area (Å²) in [6, 6.07) is 14.8. The van der Waals surface area contributed by atoms with Gasteiger partial charge >= 0.3 is 5.97 Å². The van der Waals surface area contributed by atoms with E-state index >= 15 is 0 Å². The predicted octanol–water partition coefficient (Wildman–Crippen LogP) is 2.81. The van der Waals surface area contributed by atoms with Crippen LogP contribution in [-0.2, 0) is 27.2 Å². The van der Waals surface area contributed by atoms with Gasteiger partial charge in [0.15, 0.2) is 4.80 Å². The topological polar surface area (TPSA) is 69.9 Å². The molecule has 0 saturated heterocycles. The molecule has 0 saturated carbocycles. The van der Waals surface area contributed by atoms with Crippen molar-refractivity contribution in [2.75, 3.05) is 20.8 Å². The maximum atomic E-state index is 12.4. The van der Waals surface area contributed by atoms with Gasteiger partial charge in [0.25, 0.3) is 5.91 Å². The van der Waals surface area contributed by atoms with Crippen molar-refractivity contribution >= 4 is 33.4 Å². The average Bonchev–Trinajstić information content (AvgIpc) is 3.02. The molecule has 0 aliphatic rings. The molecule has 0 aliphatic carbocycles. The van der Waals surface area contributed by atoms with Gasteiger partial charge in [-0.3, -0.25) is 4.79 Å². The van der Waals surface area contributed by atoms with Crippen LogP contribution >= 0.6 is 11.3 Å². The normalized spacial score (nSPS) is 11.7. The highest BCUT2D eigenvalue weighted by atomic mass is 32.1. The van der Waals surface area contributed by atoms with E-state index in [-0.39, 0.29) is 12.3 Å². The Labute approximate surface area is 160 Å². The van der Waals surface area contributed by atoms with E-state index in [0.29, 0.717) is 23.5 Å². The van der Waals surface area contributed by atoms with Gasteiger partial charge in [-0.05, 0) is 23.8 Å². The number of hydrogen-bond donors (Lipinski definition) is 0. The third-order valence-corrected chi connectivity index (χ3v) is 5.08. The number of benzene rings is 2. The molecule has 0 aliphatic heterocycles. The van der Waals surface area contributed by atoms with Gasteiger partial charge < -0.3 is 14.0 Å². The fourth-order valence-corrected chi connectivity index (χ4v) is 3.83. The van der Waals surface area contributed by atoms with Crippen LogP contribution in [0.3, 0.4) is 0 Å². The smallest absolute Gasteiger partial charge is 0.337 e. The van der Waals surface area contributed by atoms with E-state index in [9.17, 15) is 9.59 Å². The number of ether oxygens (including phenoxy) is 2. The standard InChI is InChI=1S/C20H20N2O4S/c1-25-11-10-22-16-9-8-15(19(24)26-2)13-17(16)27-20(22)21-18(23)12-14-6-4-3-5-7-14/h3-9,13H,10-12H2,1-2H3. The number of rotatable bonds is 6. The SMILES string of the molecule is COCCn1c(=NC(=O)Cc2ccccc2)sc2cc(C(=O)OC)ccc21. The van der Waals surface area contributed by atoms with Crippen LogP contribution in [0, 0.1) is 0 Å². The molecule has 3 rings (SSSR count). The molecule has 6 nitrogen and oxygen atoms in total. The van der Waals surface area contributed by atoms with Crippen LogP contribution in [0.2, 0.25) is 0 Å². The second kappa shape index (κ2) is 8.75. The molecule has 0 bridgehead atoms. The first-order chi connectivity index (χ1) is 13.1. The molecule has 0 N–H and O–H groups in total. The van der Waals surface area contributed by atoms with Gasteiger partial charge in [0.05, 0.1) is 35.9 Å². The Bertz CT molecular complexity index is 1020. The monoisotopic (exact) mass is 384 g/mol. The lowest BCUT2D eigenvalue weighted by atomic mass is 10.1. The highest BCUT2D eigenvalue weighted by Gasteiger charge is 2.12. The van der Waals surface area contributed by atoms with Crippen LogP contribution in [0.4, 0.5) is 0 Å². The maximum absolute atomic E-state index is 12.4. The van der Waals surface area contributed by atoms with E-state index in [1.807, 2.05) is 41.0 Å². The van der Waals surface area contributed by atoms with Crippen LogP contribution < -0.4 is 4.80 Å². The second-order valence-corrected chi connectivity index (χ2v) is 6.88. The van der Waals surface area contributed by atoms with Crippen molar-refractivity contribution in [1.29, 1.82) is 0 Å². The number of hydrogen-bond acceptors (Lipinski definition) is 5. The summed E-state index contributed by atoms with van der Waals surface area (Å²) in [7, 11) is 2.98. The van der Waals surface area contributed by atoms with Crippen molar-refractivity contribution in [1.82, 2.24) is 4.57 Å². The second-order valence-electron chi connectivity index (χ2n) is 5.87. The molecule has 0 spiro atoms. The number of amides is 1. The zero-order chi connectivity index (χ0) is 19.2. The highest BCUT2D eigenvalue weighted by Crippen LogP contribution is 2.20. The minimum Gasteiger partial charge on any atom is -0.465 e. The van der Waals surface area contributed by atoms with Crippen LogP contribution in [0.15, 0.2) is 53.5 Å². The Morgan fingerprint density at radius 3 is 2.59 bits per heavy atom. The van der Waals surface area contributed by atoms with Crippen molar-refractivity contribution < 1.29 is 19.1 Å². The van der Waals surface area contributed by atoms with Crippen molar-refractivity contribution in [2.45, 2.75) is 13.0 Å². The molecule has 27 heavy (non-hydrogen) atoms. The van der Waals surface area contributed by atoms with Gasteiger partial charge in [0.1, 0.15) is 0 Å². The van der Waals surface area contributed by atoms with Crippen molar-refractivity contribution in [2.24, 2.45) is 4.99 Å². The summed E-state index contributed by atoms with van der Waals surface area (Å²) in [5.41, 5.74) is 2.28. The van der Waals surface area contributed by atoms with Crippen LogP contribution in [0.5, 0.6) is 0 Å². The van der Waals surface area contributed by atoms with Crippen LogP contribution in [0.25, 0.3) is 10.2 Å². The third-order valence-electron chi connectivity index (χ3n) is 4.04. The first kappa shape index (κ1) is 19.0.